The monoisotopic (exact) mass is 365 g/mol. The van der Waals surface area contributed by atoms with E-state index in [9.17, 15) is 4.79 Å². The number of thioether (sulfide) groups is 1. The first-order valence-corrected chi connectivity index (χ1v) is 9.70. The predicted octanol–water partition coefficient (Wildman–Crippen LogP) is 3.77. The fourth-order valence-corrected chi connectivity index (χ4v) is 4.10. The van der Waals surface area contributed by atoms with Crippen LogP contribution in [0.15, 0.2) is 34.2 Å². The zero-order valence-corrected chi connectivity index (χ0v) is 15.0. The molecule has 0 bridgehead atoms. The molecular formula is C14H15N5OS3. The summed E-state index contributed by atoms with van der Waals surface area (Å²) < 4.78 is 2.06. The molecule has 0 fully saturated rings. The minimum absolute atomic E-state index is 0.0964. The number of nitrogens with one attached hydrogen (secondary N) is 1. The Morgan fingerprint density at radius 1 is 1.35 bits per heavy atom. The Labute approximate surface area is 146 Å². The van der Waals surface area contributed by atoms with Gasteiger partial charge in [-0.15, -0.1) is 32.9 Å². The number of hydrogen-bond donors (Lipinski definition) is 1. The van der Waals surface area contributed by atoms with Crippen LogP contribution < -0.4 is 5.32 Å². The van der Waals surface area contributed by atoms with Crippen LogP contribution >= 0.6 is 34.4 Å². The molecule has 3 aromatic heterocycles. The van der Waals surface area contributed by atoms with Gasteiger partial charge in [-0.1, -0.05) is 17.8 Å². The Bertz CT molecular complexity index is 765. The summed E-state index contributed by atoms with van der Waals surface area (Å²) in [4.78, 5) is 17.1. The molecule has 9 heteroatoms. The molecule has 1 N–H and O–H groups in total. The number of amides is 1. The Morgan fingerprint density at radius 3 is 2.87 bits per heavy atom. The number of thiazole rings is 1. The second kappa shape index (κ2) is 7.24. The molecule has 0 aliphatic carbocycles. The van der Waals surface area contributed by atoms with Crippen LogP contribution in [0, 0.1) is 0 Å². The number of aromatic nitrogens is 4. The van der Waals surface area contributed by atoms with Crippen molar-refractivity contribution in [2.75, 3.05) is 11.1 Å². The summed E-state index contributed by atoms with van der Waals surface area (Å²) in [6, 6.07) is 4.23. The molecule has 0 saturated carbocycles. The van der Waals surface area contributed by atoms with Gasteiger partial charge in [0.15, 0.2) is 16.1 Å². The van der Waals surface area contributed by atoms with Crippen LogP contribution in [0.4, 0.5) is 5.13 Å². The molecular weight excluding hydrogens is 350 g/mol. The lowest BCUT2D eigenvalue weighted by Gasteiger charge is -2.12. The van der Waals surface area contributed by atoms with Crippen molar-refractivity contribution in [3.05, 3.63) is 29.1 Å². The maximum atomic E-state index is 12.0. The zero-order valence-electron chi connectivity index (χ0n) is 12.6. The van der Waals surface area contributed by atoms with E-state index in [-0.39, 0.29) is 17.7 Å². The maximum Gasteiger partial charge on any atom is 0.236 e. The molecule has 0 atom stereocenters. The molecule has 6 nitrogen and oxygen atoms in total. The number of anilines is 1. The first-order chi connectivity index (χ1) is 11.1. The van der Waals surface area contributed by atoms with Crippen molar-refractivity contribution in [3.63, 3.8) is 0 Å². The van der Waals surface area contributed by atoms with Crippen molar-refractivity contribution < 1.29 is 4.79 Å². The highest BCUT2D eigenvalue weighted by atomic mass is 32.2. The van der Waals surface area contributed by atoms with E-state index in [0.29, 0.717) is 5.13 Å². The second-order valence-electron chi connectivity index (χ2n) is 4.92. The number of nitrogens with zero attached hydrogens (tertiary/aromatic N) is 4. The summed E-state index contributed by atoms with van der Waals surface area (Å²) in [5, 5.41) is 16.5. The normalized spacial score (nSPS) is 11.1. The van der Waals surface area contributed by atoms with Crippen LogP contribution in [-0.2, 0) is 4.79 Å². The fourth-order valence-electron chi connectivity index (χ4n) is 1.99. The maximum absolute atomic E-state index is 12.0. The van der Waals surface area contributed by atoms with Crippen LogP contribution in [0.2, 0.25) is 0 Å². The molecule has 3 rings (SSSR count). The lowest BCUT2D eigenvalue weighted by molar-refractivity contribution is -0.113. The fraction of sp³-hybridized carbons (Fsp3) is 0.286. The largest absolute Gasteiger partial charge is 0.301 e. The van der Waals surface area contributed by atoms with Gasteiger partial charge >= 0.3 is 0 Å². The van der Waals surface area contributed by atoms with Gasteiger partial charge in [0.25, 0.3) is 0 Å². The molecule has 0 aromatic carbocycles. The van der Waals surface area contributed by atoms with Crippen LogP contribution in [-0.4, -0.2) is 31.4 Å². The summed E-state index contributed by atoms with van der Waals surface area (Å²) >= 11 is 4.41. The summed E-state index contributed by atoms with van der Waals surface area (Å²) in [5.41, 5.74) is 0. The number of carbonyl (C=O) groups excluding carboxylic acids is 1. The van der Waals surface area contributed by atoms with Gasteiger partial charge in [0.1, 0.15) is 0 Å². The first-order valence-electron chi connectivity index (χ1n) is 6.96. The van der Waals surface area contributed by atoms with Crippen molar-refractivity contribution in [2.45, 2.75) is 25.0 Å². The van der Waals surface area contributed by atoms with Gasteiger partial charge in [-0.2, -0.15) is 0 Å². The summed E-state index contributed by atoms with van der Waals surface area (Å²) in [5.74, 6) is 1.02. The molecule has 0 saturated heterocycles. The quantitative estimate of drug-likeness (QED) is 0.673. The van der Waals surface area contributed by atoms with Gasteiger partial charge in [-0.3, -0.25) is 9.36 Å². The van der Waals surface area contributed by atoms with E-state index in [0.717, 1.165) is 15.9 Å². The second-order valence-corrected chi connectivity index (χ2v) is 7.71. The van der Waals surface area contributed by atoms with Crippen molar-refractivity contribution in [1.82, 2.24) is 19.7 Å². The molecule has 120 valence electrons. The van der Waals surface area contributed by atoms with Gasteiger partial charge < -0.3 is 5.32 Å². The molecule has 0 unspecified atom stereocenters. The van der Waals surface area contributed by atoms with Gasteiger partial charge in [0.2, 0.25) is 5.91 Å². The molecule has 3 heterocycles. The minimum atomic E-state index is -0.0964. The van der Waals surface area contributed by atoms with Crippen LogP contribution in [0.25, 0.3) is 10.7 Å². The van der Waals surface area contributed by atoms with E-state index in [1.54, 1.807) is 17.5 Å². The smallest absolute Gasteiger partial charge is 0.236 e. The average molecular weight is 366 g/mol. The number of rotatable bonds is 6. The summed E-state index contributed by atoms with van der Waals surface area (Å²) in [6.07, 6.45) is 1.66. The van der Waals surface area contributed by atoms with Crippen LogP contribution in [0.3, 0.4) is 0 Å². The van der Waals surface area contributed by atoms with Crippen molar-refractivity contribution in [1.29, 1.82) is 0 Å². The lowest BCUT2D eigenvalue weighted by Crippen LogP contribution is -2.14. The van der Waals surface area contributed by atoms with Crippen LogP contribution in [0.5, 0.6) is 0 Å². The molecule has 0 aliphatic rings. The third-order valence-electron chi connectivity index (χ3n) is 2.93. The highest BCUT2D eigenvalue weighted by molar-refractivity contribution is 7.99. The number of carbonyl (C=O) groups is 1. The van der Waals surface area contributed by atoms with E-state index in [1.165, 1.54) is 23.1 Å². The molecule has 0 spiro atoms. The molecule has 0 radical (unpaired) electrons. The van der Waals surface area contributed by atoms with Crippen molar-refractivity contribution in [2.24, 2.45) is 0 Å². The van der Waals surface area contributed by atoms with E-state index >= 15 is 0 Å². The first kappa shape index (κ1) is 16.2. The predicted molar refractivity (Wildman–Crippen MR) is 95.2 cm³/mol. The number of hydrogen-bond acceptors (Lipinski definition) is 7. The minimum Gasteiger partial charge on any atom is -0.301 e. The SMILES string of the molecule is CC(C)n1c(SCC(=O)Nc2nccs2)nnc1-c1cccs1. The lowest BCUT2D eigenvalue weighted by atomic mass is 10.3. The third-order valence-corrected chi connectivity index (χ3v) is 5.43. The average Bonchev–Trinajstić information content (AvgIpc) is 3.25. The summed E-state index contributed by atoms with van der Waals surface area (Å²) in [6.45, 7) is 4.17. The van der Waals surface area contributed by atoms with E-state index < -0.39 is 0 Å². The molecule has 1 amide bonds. The van der Waals surface area contributed by atoms with Crippen LogP contribution in [0.1, 0.15) is 19.9 Å². The van der Waals surface area contributed by atoms with Gasteiger partial charge in [-0.25, -0.2) is 4.98 Å². The molecule has 0 aliphatic heterocycles. The van der Waals surface area contributed by atoms with E-state index in [4.69, 9.17) is 0 Å². The molecule has 3 aromatic rings. The standard InChI is InChI=1S/C14H15N5OS3/c1-9(2)19-12(10-4-3-6-21-10)17-18-14(19)23-8-11(20)16-13-15-5-7-22-13/h3-7,9H,8H2,1-2H3,(H,15,16,20). The van der Waals surface area contributed by atoms with Crippen molar-refractivity contribution in [3.8, 4) is 10.7 Å². The highest BCUT2D eigenvalue weighted by Crippen LogP contribution is 2.30. The van der Waals surface area contributed by atoms with Gasteiger partial charge in [0, 0.05) is 17.6 Å². The Balaban J connectivity index is 1.71. The Morgan fingerprint density at radius 2 is 2.22 bits per heavy atom. The number of thiophene rings is 1. The zero-order chi connectivity index (χ0) is 16.2. The highest BCUT2D eigenvalue weighted by Gasteiger charge is 2.18. The molecule has 23 heavy (non-hydrogen) atoms. The topological polar surface area (TPSA) is 72.7 Å². The van der Waals surface area contributed by atoms with E-state index in [2.05, 4.69) is 38.9 Å². The summed E-state index contributed by atoms with van der Waals surface area (Å²) in [7, 11) is 0. The van der Waals surface area contributed by atoms with Gasteiger partial charge in [-0.05, 0) is 25.3 Å². The van der Waals surface area contributed by atoms with E-state index in [1.807, 2.05) is 22.9 Å². The van der Waals surface area contributed by atoms with Crippen molar-refractivity contribution >= 4 is 45.5 Å². The third kappa shape index (κ3) is 3.80. The Hall–Kier alpha value is -1.71. The van der Waals surface area contributed by atoms with Gasteiger partial charge in [0.05, 0.1) is 10.6 Å². The Kier molecular flexibility index (Phi) is 5.09.